The molecular formula is C21H33IN6O. The molecule has 2 aromatic rings. The maximum atomic E-state index is 5.97. The number of aromatic nitrogens is 2. The summed E-state index contributed by atoms with van der Waals surface area (Å²) in [5.74, 6) is 1.71. The number of hydrogen-bond donors (Lipinski definition) is 2. The zero-order valence-electron chi connectivity index (χ0n) is 17.8. The summed E-state index contributed by atoms with van der Waals surface area (Å²) in [6, 6.07) is 8.50. The van der Waals surface area contributed by atoms with Crippen LogP contribution in [0.3, 0.4) is 0 Å². The molecule has 2 heterocycles. The van der Waals surface area contributed by atoms with Gasteiger partial charge in [-0.3, -0.25) is 9.67 Å². The van der Waals surface area contributed by atoms with Crippen LogP contribution in [0.5, 0.6) is 5.75 Å². The van der Waals surface area contributed by atoms with Crippen molar-refractivity contribution in [2.45, 2.75) is 38.8 Å². The van der Waals surface area contributed by atoms with Crippen molar-refractivity contribution in [3.63, 3.8) is 0 Å². The van der Waals surface area contributed by atoms with E-state index in [0.717, 1.165) is 37.6 Å². The second-order valence-electron chi connectivity index (χ2n) is 7.50. The molecule has 0 spiro atoms. The molecule has 2 atom stereocenters. The summed E-state index contributed by atoms with van der Waals surface area (Å²) in [6.45, 7) is 6.84. The van der Waals surface area contributed by atoms with Crippen LogP contribution in [0, 0.1) is 6.92 Å². The molecule has 0 saturated carbocycles. The second kappa shape index (κ2) is 11.3. The Kier molecular flexibility index (Phi) is 9.06. The first-order valence-corrected chi connectivity index (χ1v) is 9.97. The number of piperidine rings is 1. The number of anilines is 1. The van der Waals surface area contributed by atoms with Crippen LogP contribution < -0.4 is 20.3 Å². The smallest absolute Gasteiger partial charge is 0.191 e. The summed E-state index contributed by atoms with van der Waals surface area (Å²) < 4.78 is 7.82. The van der Waals surface area contributed by atoms with E-state index in [1.165, 1.54) is 11.3 Å². The molecule has 1 aliphatic rings. The standard InChI is InChI=1S/C21H32N6O.HI/c1-16-7-9-20(10-8-16)28-17(2)12-23-21(22-3)25-18-6-5-11-27(14-18)19-13-24-26(4)15-19;/h7-10,13,15,17-18H,5-6,11-12,14H2,1-4H3,(H2,22,23,25);1H. The number of hydrogen-bond acceptors (Lipinski definition) is 4. The van der Waals surface area contributed by atoms with E-state index < -0.39 is 0 Å². The Balaban J connectivity index is 0.00000300. The molecule has 0 amide bonds. The van der Waals surface area contributed by atoms with Crippen LogP contribution in [-0.4, -0.2) is 54.6 Å². The first kappa shape index (κ1) is 23.3. The zero-order chi connectivity index (χ0) is 19.9. The van der Waals surface area contributed by atoms with Crippen molar-refractivity contribution in [2.75, 3.05) is 31.6 Å². The monoisotopic (exact) mass is 512 g/mol. The first-order chi connectivity index (χ1) is 13.5. The van der Waals surface area contributed by atoms with Gasteiger partial charge in [-0.05, 0) is 38.8 Å². The molecule has 8 heteroatoms. The van der Waals surface area contributed by atoms with Crippen molar-refractivity contribution in [1.29, 1.82) is 0 Å². The van der Waals surface area contributed by atoms with Gasteiger partial charge < -0.3 is 20.3 Å². The van der Waals surface area contributed by atoms with E-state index in [2.05, 4.69) is 57.8 Å². The molecule has 160 valence electrons. The Bertz CT molecular complexity index is 776. The van der Waals surface area contributed by atoms with Crippen molar-refractivity contribution in [1.82, 2.24) is 20.4 Å². The molecule has 1 fully saturated rings. The SMILES string of the molecule is CN=C(NCC(C)Oc1ccc(C)cc1)NC1CCCN(c2cnn(C)c2)C1.I. The lowest BCUT2D eigenvalue weighted by molar-refractivity contribution is 0.223. The summed E-state index contributed by atoms with van der Waals surface area (Å²) in [6.07, 6.45) is 6.32. The van der Waals surface area contributed by atoms with Crippen molar-refractivity contribution in [3.8, 4) is 5.75 Å². The van der Waals surface area contributed by atoms with E-state index in [4.69, 9.17) is 4.74 Å². The van der Waals surface area contributed by atoms with Crippen LogP contribution in [0.15, 0.2) is 41.7 Å². The lowest BCUT2D eigenvalue weighted by Gasteiger charge is -2.34. The highest BCUT2D eigenvalue weighted by Gasteiger charge is 2.22. The fraction of sp³-hybridized carbons (Fsp3) is 0.524. The number of nitrogens with zero attached hydrogens (tertiary/aromatic N) is 4. The lowest BCUT2D eigenvalue weighted by atomic mass is 10.1. The quantitative estimate of drug-likeness (QED) is 0.354. The number of nitrogens with one attached hydrogen (secondary N) is 2. The largest absolute Gasteiger partial charge is 0.489 e. The third kappa shape index (κ3) is 7.09. The van der Waals surface area contributed by atoms with Crippen LogP contribution in [-0.2, 0) is 7.05 Å². The van der Waals surface area contributed by atoms with E-state index in [1.54, 1.807) is 0 Å². The molecule has 1 aliphatic heterocycles. The molecule has 1 aromatic carbocycles. The topological polar surface area (TPSA) is 66.7 Å². The van der Waals surface area contributed by atoms with E-state index in [0.29, 0.717) is 12.6 Å². The number of aliphatic imine (C=N–C) groups is 1. The molecular weight excluding hydrogens is 479 g/mol. The Morgan fingerprint density at radius 1 is 1.34 bits per heavy atom. The third-order valence-corrected chi connectivity index (χ3v) is 4.96. The van der Waals surface area contributed by atoms with Gasteiger partial charge in [0.15, 0.2) is 5.96 Å². The number of rotatable bonds is 6. The van der Waals surface area contributed by atoms with E-state index in [-0.39, 0.29) is 30.1 Å². The van der Waals surface area contributed by atoms with Gasteiger partial charge in [0.25, 0.3) is 0 Å². The molecule has 29 heavy (non-hydrogen) atoms. The van der Waals surface area contributed by atoms with E-state index in [1.807, 2.05) is 37.1 Å². The minimum Gasteiger partial charge on any atom is -0.489 e. The zero-order valence-corrected chi connectivity index (χ0v) is 20.1. The molecule has 1 saturated heterocycles. The maximum absolute atomic E-state index is 5.97. The second-order valence-corrected chi connectivity index (χ2v) is 7.50. The van der Waals surface area contributed by atoms with Crippen molar-refractivity contribution < 1.29 is 4.74 Å². The fourth-order valence-corrected chi connectivity index (χ4v) is 3.42. The molecule has 2 N–H and O–H groups in total. The molecule has 0 aliphatic carbocycles. The van der Waals surface area contributed by atoms with Crippen LogP contribution in [0.2, 0.25) is 0 Å². The third-order valence-electron chi connectivity index (χ3n) is 4.96. The van der Waals surface area contributed by atoms with Crippen LogP contribution in [0.25, 0.3) is 0 Å². The van der Waals surface area contributed by atoms with Crippen LogP contribution >= 0.6 is 24.0 Å². The number of benzene rings is 1. The van der Waals surface area contributed by atoms with Gasteiger partial charge in [0.2, 0.25) is 0 Å². The van der Waals surface area contributed by atoms with Crippen molar-refractivity contribution >= 4 is 35.6 Å². The average molecular weight is 512 g/mol. The summed E-state index contributed by atoms with van der Waals surface area (Å²) in [4.78, 5) is 6.76. The van der Waals surface area contributed by atoms with E-state index >= 15 is 0 Å². The number of halogens is 1. The minimum atomic E-state index is 0. The predicted molar refractivity (Wildman–Crippen MR) is 130 cm³/mol. The number of aryl methyl sites for hydroxylation is 2. The summed E-state index contributed by atoms with van der Waals surface area (Å²) in [7, 11) is 3.76. The number of ether oxygens (including phenoxy) is 1. The highest BCUT2D eigenvalue weighted by atomic mass is 127. The Morgan fingerprint density at radius 2 is 2.10 bits per heavy atom. The molecule has 0 bridgehead atoms. The molecule has 1 aromatic heterocycles. The van der Waals surface area contributed by atoms with Gasteiger partial charge in [-0.1, -0.05) is 17.7 Å². The van der Waals surface area contributed by atoms with Crippen LogP contribution in [0.4, 0.5) is 5.69 Å². The molecule has 2 unspecified atom stereocenters. The van der Waals surface area contributed by atoms with Gasteiger partial charge in [0, 0.05) is 39.4 Å². The molecule has 3 rings (SSSR count). The maximum Gasteiger partial charge on any atom is 0.191 e. The summed E-state index contributed by atoms with van der Waals surface area (Å²) in [5, 5.41) is 11.2. The van der Waals surface area contributed by atoms with Gasteiger partial charge in [0.1, 0.15) is 11.9 Å². The Labute approximate surface area is 190 Å². The van der Waals surface area contributed by atoms with Gasteiger partial charge in [-0.25, -0.2) is 0 Å². The fourth-order valence-electron chi connectivity index (χ4n) is 3.42. The normalized spacial score (nSPS) is 18.0. The Hall–Kier alpha value is -1.97. The Morgan fingerprint density at radius 3 is 2.76 bits per heavy atom. The highest BCUT2D eigenvalue weighted by molar-refractivity contribution is 14.0. The van der Waals surface area contributed by atoms with Crippen LogP contribution in [0.1, 0.15) is 25.3 Å². The summed E-state index contributed by atoms with van der Waals surface area (Å²) >= 11 is 0. The molecule has 7 nitrogen and oxygen atoms in total. The highest BCUT2D eigenvalue weighted by Crippen LogP contribution is 2.19. The van der Waals surface area contributed by atoms with Gasteiger partial charge in [-0.15, -0.1) is 24.0 Å². The van der Waals surface area contributed by atoms with Gasteiger partial charge >= 0.3 is 0 Å². The van der Waals surface area contributed by atoms with Gasteiger partial charge in [0.05, 0.1) is 18.4 Å². The van der Waals surface area contributed by atoms with E-state index in [9.17, 15) is 0 Å². The number of guanidine groups is 1. The first-order valence-electron chi connectivity index (χ1n) is 9.97. The lowest BCUT2D eigenvalue weighted by Crippen LogP contribution is -2.52. The van der Waals surface area contributed by atoms with Crippen molar-refractivity contribution in [3.05, 3.63) is 42.2 Å². The minimum absolute atomic E-state index is 0. The average Bonchev–Trinajstić information content (AvgIpc) is 3.13. The predicted octanol–water partition coefficient (Wildman–Crippen LogP) is 2.95. The molecule has 0 radical (unpaired) electrons. The van der Waals surface area contributed by atoms with Gasteiger partial charge in [-0.2, -0.15) is 5.10 Å². The van der Waals surface area contributed by atoms with Crippen molar-refractivity contribution in [2.24, 2.45) is 12.0 Å². The summed E-state index contributed by atoms with van der Waals surface area (Å²) in [5.41, 5.74) is 2.41.